The van der Waals surface area contributed by atoms with Gasteiger partial charge < -0.3 is 4.84 Å². The SMILES string of the molecule is Cc1cccn1OC(=O)C1CCCCC1. The molecule has 0 aromatic carbocycles. The van der Waals surface area contributed by atoms with Gasteiger partial charge in [0.1, 0.15) is 0 Å². The van der Waals surface area contributed by atoms with Crippen LogP contribution in [0, 0.1) is 12.8 Å². The highest BCUT2D eigenvalue weighted by atomic mass is 16.7. The Kier molecular flexibility index (Phi) is 3.09. The highest BCUT2D eigenvalue weighted by molar-refractivity contribution is 5.72. The molecule has 3 nitrogen and oxygen atoms in total. The molecule has 1 fully saturated rings. The fourth-order valence-electron chi connectivity index (χ4n) is 2.06. The maximum absolute atomic E-state index is 11.8. The van der Waals surface area contributed by atoms with E-state index in [4.69, 9.17) is 4.84 Å². The predicted molar refractivity (Wildman–Crippen MR) is 57.3 cm³/mol. The van der Waals surface area contributed by atoms with E-state index in [0.717, 1.165) is 31.4 Å². The number of rotatable bonds is 2. The van der Waals surface area contributed by atoms with Crippen molar-refractivity contribution in [3.8, 4) is 0 Å². The Hall–Kier alpha value is -1.25. The number of nitrogens with zero attached hydrogens (tertiary/aromatic N) is 1. The summed E-state index contributed by atoms with van der Waals surface area (Å²) in [6.07, 6.45) is 7.32. The lowest BCUT2D eigenvalue weighted by atomic mass is 9.89. The highest BCUT2D eigenvalue weighted by Crippen LogP contribution is 2.24. The first-order valence-corrected chi connectivity index (χ1v) is 5.63. The van der Waals surface area contributed by atoms with E-state index < -0.39 is 0 Å². The summed E-state index contributed by atoms with van der Waals surface area (Å²) in [5, 5.41) is 0. The fraction of sp³-hybridized carbons (Fsp3) is 0.583. The van der Waals surface area contributed by atoms with Crippen LogP contribution in [-0.4, -0.2) is 10.7 Å². The molecule has 0 radical (unpaired) electrons. The number of aryl methyl sites for hydroxylation is 1. The Balaban J connectivity index is 1.94. The van der Waals surface area contributed by atoms with E-state index in [2.05, 4.69) is 0 Å². The zero-order valence-electron chi connectivity index (χ0n) is 9.11. The van der Waals surface area contributed by atoms with E-state index in [1.807, 2.05) is 19.1 Å². The van der Waals surface area contributed by atoms with Crippen LogP contribution in [-0.2, 0) is 4.79 Å². The lowest BCUT2D eigenvalue weighted by molar-refractivity contribution is -0.150. The molecule has 0 N–H and O–H groups in total. The second kappa shape index (κ2) is 4.51. The molecule has 0 atom stereocenters. The second-order valence-corrected chi connectivity index (χ2v) is 4.22. The lowest BCUT2D eigenvalue weighted by Gasteiger charge is -2.19. The molecule has 0 spiro atoms. The molecule has 0 bridgehead atoms. The predicted octanol–water partition coefficient (Wildman–Crippen LogP) is 2.33. The number of carbonyl (C=O) groups excluding carboxylic acids is 1. The number of hydrogen-bond donors (Lipinski definition) is 0. The van der Waals surface area contributed by atoms with Gasteiger partial charge in [0.2, 0.25) is 0 Å². The third-order valence-electron chi connectivity index (χ3n) is 3.03. The van der Waals surface area contributed by atoms with Crippen molar-refractivity contribution in [2.24, 2.45) is 5.92 Å². The molecule has 0 amide bonds. The molecule has 3 heteroatoms. The van der Waals surface area contributed by atoms with Crippen molar-refractivity contribution in [1.82, 2.24) is 4.73 Å². The summed E-state index contributed by atoms with van der Waals surface area (Å²) in [6.45, 7) is 1.92. The molecule has 1 aliphatic carbocycles. The largest absolute Gasteiger partial charge is 0.337 e. The lowest BCUT2D eigenvalue weighted by Crippen LogP contribution is -2.28. The Morgan fingerprint density at radius 2 is 2.13 bits per heavy atom. The summed E-state index contributed by atoms with van der Waals surface area (Å²) in [7, 11) is 0. The third-order valence-corrected chi connectivity index (χ3v) is 3.03. The maximum Gasteiger partial charge on any atom is 0.335 e. The van der Waals surface area contributed by atoms with Gasteiger partial charge in [-0.3, -0.25) is 0 Å². The van der Waals surface area contributed by atoms with Crippen LogP contribution in [0.3, 0.4) is 0 Å². The van der Waals surface area contributed by atoms with Crippen molar-refractivity contribution in [1.29, 1.82) is 0 Å². The van der Waals surface area contributed by atoms with E-state index >= 15 is 0 Å². The monoisotopic (exact) mass is 207 g/mol. The van der Waals surface area contributed by atoms with Crippen molar-refractivity contribution in [3.63, 3.8) is 0 Å². The average molecular weight is 207 g/mol. The maximum atomic E-state index is 11.8. The third kappa shape index (κ3) is 2.41. The fourth-order valence-corrected chi connectivity index (χ4v) is 2.06. The van der Waals surface area contributed by atoms with E-state index in [9.17, 15) is 4.79 Å². The minimum Gasteiger partial charge on any atom is -0.337 e. The van der Waals surface area contributed by atoms with E-state index in [1.165, 1.54) is 6.42 Å². The number of hydrogen-bond acceptors (Lipinski definition) is 2. The number of aromatic nitrogens is 1. The Morgan fingerprint density at radius 1 is 1.40 bits per heavy atom. The Bertz CT molecular complexity index is 337. The summed E-state index contributed by atoms with van der Waals surface area (Å²) < 4.78 is 1.55. The molecule has 1 aliphatic rings. The van der Waals surface area contributed by atoms with Gasteiger partial charge in [0.05, 0.1) is 11.6 Å². The molecule has 0 unspecified atom stereocenters. The van der Waals surface area contributed by atoms with Crippen LogP contribution in [0.25, 0.3) is 0 Å². The van der Waals surface area contributed by atoms with Gasteiger partial charge in [0.25, 0.3) is 0 Å². The first kappa shape index (κ1) is 10.3. The van der Waals surface area contributed by atoms with Crippen molar-refractivity contribution in [2.75, 3.05) is 0 Å². The van der Waals surface area contributed by atoms with Crippen LogP contribution in [0.4, 0.5) is 0 Å². The highest BCUT2D eigenvalue weighted by Gasteiger charge is 2.23. The van der Waals surface area contributed by atoms with Gasteiger partial charge in [-0.15, -0.1) is 0 Å². The Morgan fingerprint density at radius 3 is 2.73 bits per heavy atom. The molecule has 1 aromatic heterocycles. The minimum atomic E-state index is -0.0750. The normalized spacial score (nSPS) is 17.7. The topological polar surface area (TPSA) is 31.2 Å². The van der Waals surface area contributed by atoms with Gasteiger partial charge in [-0.1, -0.05) is 19.3 Å². The summed E-state index contributed by atoms with van der Waals surface area (Å²) >= 11 is 0. The van der Waals surface area contributed by atoms with E-state index in [0.29, 0.717) is 0 Å². The molecule has 1 saturated carbocycles. The van der Waals surface area contributed by atoms with Crippen LogP contribution < -0.4 is 4.84 Å². The zero-order chi connectivity index (χ0) is 10.7. The van der Waals surface area contributed by atoms with Crippen molar-refractivity contribution in [3.05, 3.63) is 24.0 Å². The van der Waals surface area contributed by atoms with Crippen LogP contribution >= 0.6 is 0 Å². The minimum absolute atomic E-state index is 0.0750. The van der Waals surface area contributed by atoms with Crippen molar-refractivity contribution >= 4 is 5.97 Å². The van der Waals surface area contributed by atoms with E-state index in [-0.39, 0.29) is 11.9 Å². The van der Waals surface area contributed by atoms with E-state index in [1.54, 1.807) is 10.9 Å². The smallest absolute Gasteiger partial charge is 0.335 e. The summed E-state index contributed by atoms with van der Waals surface area (Å²) in [4.78, 5) is 17.1. The molecule has 0 saturated heterocycles. The molecule has 1 heterocycles. The second-order valence-electron chi connectivity index (χ2n) is 4.22. The van der Waals surface area contributed by atoms with Gasteiger partial charge in [0, 0.05) is 6.20 Å². The zero-order valence-corrected chi connectivity index (χ0v) is 9.11. The van der Waals surface area contributed by atoms with Gasteiger partial charge in [0.15, 0.2) is 0 Å². The van der Waals surface area contributed by atoms with Crippen LogP contribution in [0.2, 0.25) is 0 Å². The standard InChI is InChI=1S/C12H17NO2/c1-10-6-5-9-13(10)15-12(14)11-7-3-2-4-8-11/h5-6,9,11H,2-4,7-8H2,1H3. The number of carbonyl (C=O) groups is 1. The molecular weight excluding hydrogens is 190 g/mol. The first-order valence-electron chi connectivity index (χ1n) is 5.63. The van der Waals surface area contributed by atoms with Gasteiger partial charge in [-0.05, 0) is 31.9 Å². The van der Waals surface area contributed by atoms with Crippen LogP contribution in [0.15, 0.2) is 18.3 Å². The van der Waals surface area contributed by atoms with Crippen LogP contribution in [0.1, 0.15) is 37.8 Å². The van der Waals surface area contributed by atoms with Gasteiger partial charge >= 0.3 is 5.97 Å². The molecule has 82 valence electrons. The molecule has 15 heavy (non-hydrogen) atoms. The summed E-state index contributed by atoms with van der Waals surface area (Å²) in [6, 6.07) is 3.80. The Labute approximate surface area is 90.0 Å². The molecule has 1 aromatic rings. The van der Waals surface area contributed by atoms with Gasteiger partial charge in [-0.25, -0.2) is 4.79 Å². The van der Waals surface area contributed by atoms with Crippen molar-refractivity contribution < 1.29 is 9.63 Å². The quantitative estimate of drug-likeness (QED) is 0.745. The van der Waals surface area contributed by atoms with Crippen LogP contribution in [0.5, 0.6) is 0 Å². The molecule has 0 aliphatic heterocycles. The average Bonchev–Trinajstić information content (AvgIpc) is 2.66. The molecular formula is C12H17NO2. The summed E-state index contributed by atoms with van der Waals surface area (Å²) in [5.74, 6) is 0.0366. The first-order chi connectivity index (χ1) is 7.27. The van der Waals surface area contributed by atoms with Crippen molar-refractivity contribution in [2.45, 2.75) is 39.0 Å². The summed E-state index contributed by atoms with van der Waals surface area (Å²) in [5.41, 5.74) is 0.958. The molecule has 2 rings (SSSR count). The van der Waals surface area contributed by atoms with Gasteiger partial charge in [-0.2, -0.15) is 4.73 Å².